The molecule has 0 fully saturated rings. The lowest BCUT2D eigenvalue weighted by Crippen LogP contribution is -2.30. The van der Waals surface area contributed by atoms with Crippen LogP contribution in [0.1, 0.15) is 5.56 Å². The van der Waals surface area contributed by atoms with E-state index in [1.54, 1.807) is 36.4 Å². The summed E-state index contributed by atoms with van der Waals surface area (Å²) in [6, 6.07) is 12.4. The minimum atomic E-state index is -0.192. The summed E-state index contributed by atoms with van der Waals surface area (Å²) >= 11 is 18.0. The quantitative estimate of drug-likeness (QED) is 0.870. The van der Waals surface area contributed by atoms with E-state index >= 15 is 0 Å². The number of halogens is 3. The molecule has 0 saturated carbocycles. The van der Waals surface area contributed by atoms with Gasteiger partial charge < -0.3 is 10.5 Å². The van der Waals surface area contributed by atoms with Crippen molar-refractivity contribution in [1.29, 1.82) is 0 Å². The Bertz CT molecular complexity index is 552. The highest BCUT2D eigenvalue weighted by atomic mass is 35.5. The standard InChI is InChI=1S/C15H14Cl3NO/c16-10-4-6-12(7-5-10)20-9-11(19)8-13-14(17)2-1-3-15(13)18/h1-7,11H,8-9,19H2. The molecule has 0 bridgehead atoms. The van der Waals surface area contributed by atoms with Crippen molar-refractivity contribution in [2.24, 2.45) is 5.73 Å². The smallest absolute Gasteiger partial charge is 0.119 e. The lowest BCUT2D eigenvalue weighted by Gasteiger charge is -2.15. The molecule has 1 atom stereocenters. The van der Waals surface area contributed by atoms with Gasteiger partial charge >= 0.3 is 0 Å². The van der Waals surface area contributed by atoms with Crippen LogP contribution >= 0.6 is 34.8 Å². The SMILES string of the molecule is NC(COc1ccc(Cl)cc1)Cc1c(Cl)cccc1Cl. The van der Waals surface area contributed by atoms with Gasteiger partial charge in [-0.3, -0.25) is 0 Å². The van der Waals surface area contributed by atoms with Crippen molar-refractivity contribution in [1.82, 2.24) is 0 Å². The van der Waals surface area contributed by atoms with Crippen molar-refractivity contribution < 1.29 is 4.74 Å². The van der Waals surface area contributed by atoms with E-state index in [0.717, 1.165) is 11.3 Å². The zero-order valence-electron chi connectivity index (χ0n) is 10.7. The van der Waals surface area contributed by atoms with Crippen molar-refractivity contribution in [2.75, 3.05) is 6.61 Å². The molecule has 0 spiro atoms. The van der Waals surface area contributed by atoms with Crippen LogP contribution in [0.2, 0.25) is 15.1 Å². The van der Waals surface area contributed by atoms with Crippen molar-refractivity contribution in [2.45, 2.75) is 12.5 Å². The molecule has 2 aromatic carbocycles. The molecule has 0 radical (unpaired) electrons. The molecule has 0 aromatic heterocycles. The van der Waals surface area contributed by atoms with Gasteiger partial charge in [-0.2, -0.15) is 0 Å². The summed E-state index contributed by atoms with van der Waals surface area (Å²) in [7, 11) is 0. The van der Waals surface area contributed by atoms with Crippen molar-refractivity contribution in [3.63, 3.8) is 0 Å². The Balaban J connectivity index is 1.92. The third kappa shape index (κ3) is 4.29. The second-order valence-corrected chi connectivity index (χ2v) is 5.68. The molecular weight excluding hydrogens is 317 g/mol. The molecule has 0 amide bonds. The van der Waals surface area contributed by atoms with Gasteiger partial charge in [-0.25, -0.2) is 0 Å². The zero-order valence-corrected chi connectivity index (χ0v) is 12.9. The highest BCUT2D eigenvalue weighted by molar-refractivity contribution is 6.36. The first-order valence-electron chi connectivity index (χ1n) is 6.13. The van der Waals surface area contributed by atoms with Gasteiger partial charge in [-0.05, 0) is 48.4 Å². The molecule has 0 heterocycles. The van der Waals surface area contributed by atoms with E-state index in [4.69, 9.17) is 45.3 Å². The molecule has 0 aliphatic heterocycles. The number of benzene rings is 2. The molecule has 2 N–H and O–H groups in total. The average molecular weight is 331 g/mol. The van der Waals surface area contributed by atoms with Gasteiger partial charge in [-0.15, -0.1) is 0 Å². The maximum atomic E-state index is 6.11. The monoisotopic (exact) mass is 329 g/mol. The van der Waals surface area contributed by atoms with Crippen LogP contribution in [0.15, 0.2) is 42.5 Å². The summed E-state index contributed by atoms with van der Waals surface area (Å²) in [5, 5.41) is 1.92. The molecule has 5 heteroatoms. The van der Waals surface area contributed by atoms with Gasteiger partial charge in [0, 0.05) is 21.1 Å². The number of ether oxygens (including phenoxy) is 1. The summed E-state index contributed by atoms with van der Waals surface area (Å²) < 4.78 is 5.60. The summed E-state index contributed by atoms with van der Waals surface area (Å²) in [5.74, 6) is 0.732. The molecule has 20 heavy (non-hydrogen) atoms. The molecule has 2 aromatic rings. The van der Waals surface area contributed by atoms with Gasteiger partial charge in [0.1, 0.15) is 12.4 Å². The average Bonchev–Trinajstić information content (AvgIpc) is 2.42. The molecule has 0 aliphatic rings. The van der Waals surface area contributed by atoms with E-state index in [0.29, 0.717) is 28.1 Å². The Labute approximate surface area is 133 Å². The highest BCUT2D eigenvalue weighted by Crippen LogP contribution is 2.25. The van der Waals surface area contributed by atoms with Crippen molar-refractivity contribution >= 4 is 34.8 Å². The fraction of sp³-hybridized carbons (Fsp3) is 0.200. The fourth-order valence-electron chi connectivity index (χ4n) is 1.78. The van der Waals surface area contributed by atoms with Crippen LogP contribution in [-0.4, -0.2) is 12.6 Å². The molecule has 1 unspecified atom stereocenters. The molecule has 2 rings (SSSR count). The van der Waals surface area contributed by atoms with Crippen LogP contribution in [0, 0.1) is 0 Å². The number of hydrogen-bond donors (Lipinski definition) is 1. The molecule has 0 saturated heterocycles. The van der Waals surface area contributed by atoms with Crippen LogP contribution < -0.4 is 10.5 Å². The second-order valence-electron chi connectivity index (χ2n) is 4.43. The lowest BCUT2D eigenvalue weighted by molar-refractivity contribution is 0.287. The van der Waals surface area contributed by atoms with E-state index in [-0.39, 0.29) is 6.04 Å². The van der Waals surface area contributed by atoms with Gasteiger partial charge in [-0.1, -0.05) is 40.9 Å². The molecule has 0 aliphatic carbocycles. The van der Waals surface area contributed by atoms with Crippen LogP contribution in [0.25, 0.3) is 0 Å². The summed E-state index contributed by atoms with van der Waals surface area (Å²) in [5.41, 5.74) is 6.90. The zero-order chi connectivity index (χ0) is 14.5. The van der Waals surface area contributed by atoms with Crippen LogP contribution in [0.5, 0.6) is 5.75 Å². The number of hydrogen-bond acceptors (Lipinski definition) is 2. The Morgan fingerprint density at radius 1 is 0.950 bits per heavy atom. The minimum Gasteiger partial charge on any atom is -0.492 e. The van der Waals surface area contributed by atoms with Gasteiger partial charge in [0.05, 0.1) is 0 Å². The second kappa shape index (κ2) is 7.19. The first-order valence-corrected chi connectivity index (χ1v) is 7.26. The normalized spacial score (nSPS) is 12.2. The topological polar surface area (TPSA) is 35.2 Å². The van der Waals surface area contributed by atoms with Crippen LogP contribution in [0.3, 0.4) is 0 Å². The summed E-state index contributed by atoms with van der Waals surface area (Å²) in [6.45, 7) is 0.378. The summed E-state index contributed by atoms with van der Waals surface area (Å²) in [4.78, 5) is 0. The highest BCUT2D eigenvalue weighted by Gasteiger charge is 2.11. The first-order chi connectivity index (χ1) is 9.56. The van der Waals surface area contributed by atoms with E-state index in [1.807, 2.05) is 6.07 Å². The number of rotatable bonds is 5. The maximum Gasteiger partial charge on any atom is 0.119 e. The van der Waals surface area contributed by atoms with Crippen molar-refractivity contribution in [3.8, 4) is 5.75 Å². The summed E-state index contributed by atoms with van der Waals surface area (Å²) in [6.07, 6.45) is 0.562. The Kier molecular flexibility index (Phi) is 5.55. The van der Waals surface area contributed by atoms with E-state index in [1.165, 1.54) is 0 Å². The predicted molar refractivity (Wildman–Crippen MR) is 85.1 cm³/mol. The number of nitrogens with two attached hydrogens (primary N) is 1. The van der Waals surface area contributed by atoms with Gasteiger partial charge in [0.15, 0.2) is 0 Å². The van der Waals surface area contributed by atoms with Gasteiger partial charge in [0.2, 0.25) is 0 Å². The minimum absolute atomic E-state index is 0.192. The first kappa shape index (κ1) is 15.5. The fourth-order valence-corrected chi connectivity index (χ4v) is 2.46. The maximum absolute atomic E-state index is 6.11. The molecular formula is C15H14Cl3NO. The van der Waals surface area contributed by atoms with E-state index < -0.39 is 0 Å². The van der Waals surface area contributed by atoms with Gasteiger partial charge in [0.25, 0.3) is 0 Å². The molecule has 2 nitrogen and oxygen atoms in total. The van der Waals surface area contributed by atoms with Crippen LogP contribution in [-0.2, 0) is 6.42 Å². The Hall–Kier alpha value is -0.930. The van der Waals surface area contributed by atoms with E-state index in [2.05, 4.69) is 0 Å². The van der Waals surface area contributed by atoms with Crippen molar-refractivity contribution in [3.05, 3.63) is 63.1 Å². The van der Waals surface area contributed by atoms with E-state index in [9.17, 15) is 0 Å². The largest absolute Gasteiger partial charge is 0.492 e. The Morgan fingerprint density at radius 2 is 1.55 bits per heavy atom. The molecule has 106 valence electrons. The third-order valence-corrected chi connectivity index (χ3v) is 3.77. The predicted octanol–water partition coefficient (Wildman–Crippen LogP) is 4.60. The third-order valence-electron chi connectivity index (χ3n) is 2.81. The van der Waals surface area contributed by atoms with Crippen LogP contribution in [0.4, 0.5) is 0 Å². The Morgan fingerprint density at radius 3 is 2.15 bits per heavy atom. The lowest BCUT2D eigenvalue weighted by atomic mass is 10.1.